The van der Waals surface area contributed by atoms with Gasteiger partial charge in [-0.3, -0.25) is 4.79 Å². The average Bonchev–Trinajstić information content (AvgIpc) is 2.89. The van der Waals surface area contributed by atoms with Gasteiger partial charge >= 0.3 is 6.03 Å². The number of hydrogen-bond acceptors (Lipinski definition) is 7. The maximum Gasteiger partial charge on any atom is 0.323 e. The molecule has 2 heterocycles. The van der Waals surface area contributed by atoms with Gasteiger partial charge in [-0.1, -0.05) is 18.2 Å². The highest BCUT2D eigenvalue weighted by Gasteiger charge is 2.22. The number of para-hydroxylation sites is 1. The maximum absolute atomic E-state index is 12.3. The fourth-order valence-corrected chi connectivity index (χ4v) is 4.64. The van der Waals surface area contributed by atoms with Gasteiger partial charge in [-0.15, -0.1) is 0 Å². The van der Waals surface area contributed by atoms with E-state index in [1.165, 1.54) is 6.92 Å². The van der Waals surface area contributed by atoms with Crippen molar-refractivity contribution in [3.8, 4) is 11.4 Å². The number of anilines is 3. The second-order valence-electron chi connectivity index (χ2n) is 8.72. The van der Waals surface area contributed by atoms with E-state index < -0.39 is 0 Å². The summed E-state index contributed by atoms with van der Waals surface area (Å²) in [5, 5.41) is 8.48. The number of benzene rings is 2. The van der Waals surface area contributed by atoms with E-state index in [9.17, 15) is 9.59 Å². The first-order valence-electron chi connectivity index (χ1n) is 12.3. The first-order valence-corrected chi connectivity index (χ1v) is 13.4. The fraction of sp³-hybridized carbons (Fsp3) is 0.333. The van der Waals surface area contributed by atoms with E-state index in [-0.39, 0.29) is 18.0 Å². The van der Waals surface area contributed by atoms with Crippen molar-refractivity contribution in [2.75, 3.05) is 47.6 Å². The molecule has 1 aliphatic rings. The number of amides is 3. The van der Waals surface area contributed by atoms with Crippen LogP contribution in [0, 0.1) is 0 Å². The van der Waals surface area contributed by atoms with Crippen LogP contribution in [-0.2, 0) is 15.3 Å². The second kappa shape index (κ2) is 13.1. The zero-order chi connectivity index (χ0) is 26.0. The van der Waals surface area contributed by atoms with Crippen molar-refractivity contribution in [2.24, 2.45) is 0 Å². The van der Waals surface area contributed by atoms with Gasteiger partial charge in [-0.25, -0.2) is 14.8 Å². The van der Waals surface area contributed by atoms with Crippen LogP contribution in [0.3, 0.4) is 0 Å². The van der Waals surface area contributed by atoms with Crippen molar-refractivity contribution in [2.45, 2.75) is 25.6 Å². The number of rotatable bonds is 9. The maximum atomic E-state index is 12.3. The van der Waals surface area contributed by atoms with Crippen molar-refractivity contribution in [1.82, 2.24) is 15.3 Å². The molecular formula is C27H32N6O3S. The molecule has 2 aromatic carbocycles. The molecular weight excluding hydrogens is 488 g/mol. The third kappa shape index (κ3) is 7.93. The lowest BCUT2D eigenvalue weighted by Gasteiger charge is -2.34. The van der Waals surface area contributed by atoms with Gasteiger partial charge in [0, 0.05) is 54.5 Å². The molecule has 37 heavy (non-hydrogen) atoms. The lowest BCUT2D eigenvalue weighted by Crippen LogP contribution is -2.44. The predicted octanol–water partition coefficient (Wildman–Crippen LogP) is 4.38. The molecule has 0 radical (unpaired) electrons. The van der Waals surface area contributed by atoms with E-state index in [1.54, 1.807) is 11.8 Å². The van der Waals surface area contributed by atoms with Crippen molar-refractivity contribution in [3.05, 3.63) is 66.4 Å². The molecule has 1 fully saturated rings. The summed E-state index contributed by atoms with van der Waals surface area (Å²) in [5.74, 6) is 2.99. The molecule has 194 valence electrons. The molecule has 0 unspecified atom stereocenters. The molecule has 3 N–H and O–H groups in total. The first-order chi connectivity index (χ1) is 18.0. The number of hydrogen-bond donors (Lipinski definition) is 3. The number of nitrogens with one attached hydrogen (secondary N) is 3. The Morgan fingerprint density at radius 1 is 1.05 bits per heavy atom. The minimum Gasteiger partial charge on any atom is -0.377 e. The van der Waals surface area contributed by atoms with Crippen molar-refractivity contribution in [1.29, 1.82) is 0 Å². The number of carbonyl (C=O) groups is 2. The van der Waals surface area contributed by atoms with Crippen LogP contribution in [-0.4, -0.2) is 60.0 Å². The molecule has 1 saturated heterocycles. The lowest BCUT2D eigenvalue weighted by atomic mass is 10.2. The summed E-state index contributed by atoms with van der Waals surface area (Å²) in [5.41, 5.74) is 3.18. The number of ether oxygens (including phenoxy) is 1. The number of morpholine rings is 1. The quantitative estimate of drug-likeness (QED) is 0.359. The molecule has 1 aromatic heterocycles. The van der Waals surface area contributed by atoms with Crippen molar-refractivity contribution >= 4 is 40.9 Å². The largest absolute Gasteiger partial charge is 0.377 e. The molecule has 0 spiro atoms. The zero-order valence-corrected chi connectivity index (χ0v) is 21.9. The van der Waals surface area contributed by atoms with E-state index in [4.69, 9.17) is 14.7 Å². The molecule has 9 nitrogen and oxygen atoms in total. The zero-order valence-electron chi connectivity index (χ0n) is 21.1. The van der Waals surface area contributed by atoms with Gasteiger partial charge < -0.3 is 25.6 Å². The highest BCUT2D eigenvalue weighted by Crippen LogP contribution is 2.26. The Morgan fingerprint density at radius 3 is 2.49 bits per heavy atom. The standard InChI is InChI=1S/C27H32N6O3S/c1-19-17-36-14-13-33(19)25-16-24(18-37-15-12-28-20(2)34)29-26(32-25)21-8-10-23(11-9-21)31-27(35)30-22-6-4-3-5-7-22/h3-11,16,19H,12-15,17-18H2,1-2H3,(H,28,34)(H2,30,31,35)/t19-/m0/s1. The van der Waals surface area contributed by atoms with E-state index in [2.05, 4.69) is 27.8 Å². The molecule has 3 amide bonds. The van der Waals surface area contributed by atoms with E-state index in [1.807, 2.05) is 60.7 Å². The molecule has 1 aliphatic heterocycles. The van der Waals surface area contributed by atoms with Gasteiger partial charge in [-0.2, -0.15) is 11.8 Å². The van der Waals surface area contributed by atoms with Crippen LogP contribution in [0.25, 0.3) is 11.4 Å². The molecule has 0 aliphatic carbocycles. The molecule has 3 aromatic rings. The number of nitrogens with zero attached hydrogens (tertiary/aromatic N) is 3. The molecule has 0 bridgehead atoms. The normalized spacial score (nSPS) is 15.2. The van der Waals surface area contributed by atoms with Gasteiger partial charge in [0.2, 0.25) is 5.91 Å². The highest BCUT2D eigenvalue weighted by atomic mass is 32.2. The smallest absolute Gasteiger partial charge is 0.323 e. The molecule has 0 saturated carbocycles. The lowest BCUT2D eigenvalue weighted by molar-refractivity contribution is -0.118. The minimum atomic E-state index is -0.308. The van der Waals surface area contributed by atoms with Crippen LogP contribution in [0.2, 0.25) is 0 Å². The Morgan fingerprint density at radius 2 is 1.78 bits per heavy atom. The van der Waals surface area contributed by atoms with Crippen molar-refractivity contribution in [3.63, 3.8) is 0 Å². The van der Waals surface area contributed by atoms with Crippen LogP contribution in [0.15, 0.2) is 60.7 Å². The van der Waals surface area contributed by atoms with Gasteiger partial charge in [0.25, 0.3) is 0 Å². The Hall–Kier alpha value is -3.63. The SMILES string of the molecule is CC(=O)NCCSCc1cc(N2CCOC[C@@H]2C)nc(-c2ccc(NC(=O)Nc3ccccc3)cc2)n1. The summed E-state index contributed by atoms with van der Waals surface area (Å²) in [6.07, 6.45) is 0. The van der Waals surface area contributed by atoms with E-state index >= 15 is 0 Å². The summed E-state index contributed by atoms with van der Waals surface area (Å²) >= 11 is 1.72. The number of carbonyl (C=O) groups excluding carboxylic acids is 2. The third-order valence-corrected chi connectivity index (χ3v) is 6.72. The predicted molar refractivity (Wildman–Crippen MR) is 149 cm³/mol. The summed E-state index contributed by atoms with van der Waals surface area (Å²) in [4.78, 5) is 35.4. The van der Waals surface area contributed by atoms with E-state index in [0.717, 1.165) is 35.1 Å². The minimum absolute atomic E-state index is 0.0241. The summed E-state index contributed by atoms with van der Waals surface area (Å²) < 4.78 is 5.61. The molecule has 1 atom stereocenters. The summed E-state index contributed by atoms with van der Waals surface area (Å²) in [7, 11) is 0. The number of aromatic nitrogens is 2. The Bertz CT molecular complexity index is 1190. The summed E-state index contributed by atoms with van der Waals surface area (Å²) in [6.45, 7) is 6.36. The fourth-order valence-electron chi connectivity index (χ4n) is 3.89. The first kappa shape index (κ1) is 26.4. The highest BCUT2D eigenvalue weighted by molar-refractivity contribution is 7.98. The van der Waals surface area contributed by atoms with Crippen LogP contribution in [0.4, 0.5) is 22.0 Å². The Labute approximate surface area is 221 Å². The molecule has 10 heteroatoms. The Kier molecular flexibility index (Phi) is 9.34. The number of urea groups is 1. The number of thioether (sulfide) groups is 1. The van der Waals surface area contributed by atoms with E-state index in [0.29, 0.717) is 37.0 Å². The van der Waals surface area contributed by atoms with Crippen LogP contribution in [0.5, 0.6) is 0 Å². The van der Waals surface area contributed by atoms with Gasteiger partial charge in [0.15, 0.2) is 5.82 Å². The average molecular weight is 521 g/mol. The second-order valence-corrected chi connectivity index (χ2v) is 9.82. The summed E-state index contributed by atoms with van der Waals surface area (Å²) in [6, 6.07) is 18.7. The van der Waals surface area contributed by atoms with Crippen LogP contribution >= 0.6 is 11.8 Å². The van der Waals surface area contributed by atoms with Gasteiger partial charge in [0.1, 0.15) is 5.82 Å². The van der Waals surface area contributed by atoms with Gasteiger partial charge in [-0.05, 0) is 43.3 Å². The monoisotopic (exact) mass is 520 g/mol. The molecule has 4 rings (SSSR count). The van der Waals surface area contributed by atoms with Crippen molar-refractivity contribution < 1.29 is 14.3 Å². The van der Waals surface area contributed by atoms with Gasteiger partial charge in [0.05, 0.1) is 24.9 Å². The van der Waals surface area contributed by atoms with Crippen LogP contribution < -0.4 is 20.9 Å². The van der Waals surface area contributed by atoms with Crippen LogP contribution in [0.1, 0.15) is 19.5 Å². The topological polar surface area (TPSA) is 108 Å². The third-order valence-electron chi connectivity index (χ3n) is 5.73. The Balaban J connectivity index is 1.48.